The maximum Gasteiger partial charge on any atom is 0.326 e. The third-order valence-electron chi connectivity index (χ3n) is 4.91. The lowest BCUT2D eigenvalue weighted by atomic mass is 9.85. The first-order valence-corrected chi connectivity index (χ1v) is 8.52. The zero-order valence-corrected chi connectivity index (χ0v) is 15.2. The monoisotopic (exact) mass is 315 g/mol. The summed E-state index contributed by atoms with van der Waals surface area (Å²) < 4.78 is 0. The van der Waals surface area contributed by atoms with E-state index in [-0.39, 0.29) is 5.54 Å². The number of anilines is 1. The third-order valence-corrected chi connectivity index (χ3v) is 4.91. The van der Waals surface area contributed by atoms with E-state index in [0.29, 0.717) is 6.42 Å². The zero-order valence-electron chi connectivity index (χ0n) is 15.2. The Morgan fingerprint density at radius 3 is 2.39 bits per heavy atom. The lowest BCUT2D eigenvalue weighted by molar-refractivity contribution is -0.139. The molecule has 1 unspecified atom stereocenters. The smallest absolute Gasteiger partial charge is 0.326 e. The van der Waals surface area contributed by atoms with E-state index in [1.807, 2.05) is 0 Å². The normalized spacial score (nSPS) is 17.5. The van der Waals surface area contributed by atoms with Crippen molar-refractivity contribution in [1.82, 2.24) is 0 Å². The van der Waals surface area contributed by atoms with E-state index in [0.717, 1.165) is 24.1 Å². The first kappa shape index (κ1) is 17.6. The highest BCUT2D eigenvalue weighted by molar-refractivity contribution is 5.87. The minimum Gasteiger partial charge on any atom is -0.480 e. The molecule has 3 nitrogen and oxygen atoms in total. The van der Waals surface area contributed by atoms with Crippen LogP contribution in [0.15, 0.2) is 18.2 Å². The summed E-state index contributed by atoms with van der Waals surface area (Å²) in [6, 6.07) is 3.86. The number of aliphatic carboxylic acids is 1. The molecule has 0 saturated carbocycles. The van der Waals surface area contributed by atoms with Gasteiger partial charge in [0.2, 0.25) is 0 Å². The Kier molecular flexibility index (Phi) is 4.88. The molecule has 3 heteroatoms. The molecule has 1 aromatic rings. The molecular formula is C20H29NO2. The van der Waals surface area contributed by atoms with Crippen LogP contribution in [-0.4, -0.2) is 22.7 Å². The van der Waals surface area contributed by atoms with E-state index in [1.165, 1.54) is 16.7 Å². The molecule has 0 aromatic heterocycles. The highest BCUT2D eigenvalue weighted by atomic mass is 16.4. The predicted molar refractivity (Wildman–Crippen MR) is 97.1 cm³/mol. The largest absolute Gasteiger partial charge is 0.480 e. The molecule has 126 valence electrons. The zero-order chi connectivity index (χ0) is 17.4. The fourth-order valence-corrected chi connectivity index (χ4v) is 3.63. The molecule has 0 aliphatic carbocycles. The van der Waals surface area contributed by atoms with Gasteiger partial charge < -0.3 is 10.0 Å². The van der Waals surface area contributed by atoms with Gasteiger partial charge in [-0.1, -0.05) is 25.8 Å². The van der Waals surface area contributed by atoms with Crippen LogP contribution in [-0.2, 0) is 4.79 Å². The van der Waals surface area contributed by atoms with Gasteiger partial charge in [-0.3, -0.25) is 0 Å². The number of benzene rings is 1. The van der Waals surface area contributed by atoms with Gasteiger partial charge in [-0.2, -0.15) is 0 Å². The number of carboxylic acid groups (broad SMARTS) is 1. The van der Waals surface area contributed by atoms with Gasteiger partial charge in [-0.25, -0.2) is 4.79 Å². The summed E-state index contributed by atoms with van der Waals surface area (Å²) in [4.78, 5) is 14.1. The SMILES string of the molecule is CCCCC(C(=O)O)N1c2cc(C)c(C)cc2C(C)=CC1(C)C. The van der Waals surface area contributed by atoms with E-state index < -0.39 is 12.0 Å². The number of carbonyl (C=O) groups is 1. The van der Waals surface area contributed by atoms with Crippen LogP contribution in [0.2, 0.25) is 0 Å². The Hall–Kier alpha value is -1.77. The van der Waals surface area contributed by atoms with Crippen molar-refractivity contribution in [2.45, 2.75) is 72.4 Å². The molecular weight excluding hydrogens is 286 g/mol. The van der Waals surface area contributed by atoms with Crippen LogP contribution in [0, 0.1) is 13.8 Å². The summed E-state index contributed by atoms with van der Waals surface area (Å²) in [5.41, 5.74) is 5.59. The van der Waals surface area contributed by atoms with Crippen molar-refractivity contribution >= 4 is 17.2 Å². The van der Waals surface area contributed by atoms with Crippen LogP contribution in [0.5, 0.6) is 0 Å². The molecule has 0 fully saturated rings. The molecule has 2 rings (SSSR count). The number of rotatable bonds is 5. The molecule has 0 bridgehead atoms. The Bertz CT molecular complexity index is 643. The summed E-state index contributed by atoms with van der Waals surface area (Å²) in [7, 11) is 0. The second-order valence-electron chi connectivity index (χ2n) is 7.30. The van der Waals surface area contributed by atoms with Gasteiger partial charge in [-0.15, -0.1) is 0 Å². The molecule has 0 spiro atoms. The number of aryl methyl sites for hydroxylation is 2. The molecule has 1 aliphatic heterocycles. The van der Waals surface area contributed by atoms with Crippen molar-refractivity contribution in [3.05, 3.63) is 34.9 Å². The molecule has 1 N–H and O–H groups in total. The number of unbranched alkanes of at least 4 members (excludes halogenated alkanes) is 1. The van der Waals surface area contributed by atoms with Gasteiger partial charge in [-0.05, 0) is 69.9 Å². The Labute approximate surface area is 140 Å². The van der Waals surface area contributed by atoms with Crippen molar-refractivity contribution in [3.8, 4) is 0 Å². The fourth-order valence-electron chi connectivity index (χ4n) is 3.63. The summed E-state index contributed by atoms with van der Waals surface area (Å²) in [6.07, 6.45) is 4.81. The van der Waals surface area contributed by atoms with Crippen LogP contribution in [0.1, 0.15) is 63.6 Å². The number of hydrogen-bond acceptors (Lipinski definition) is 2. The molecule has 1 heterocycles. The average Bonchev–Trinajstić information content (AvgIpc) is 2.43. The van der Waals surface area contributed by atoms with Crippen LogP contribution in [0.4, 0.5) is 5.69 Å². The molecule has 0 saturated heterocycles. The Morgan fingerprint density at radius 1 is 1.22 bits per heavy atom. The number of carboxylic acids is 1. The molecule has 1 atom stereocenters. The van der Waals surface area contributed by atoms with Crippen molar-refractivity contribution in [1.29, 1.82) is 0 Å². The van der Waals surface area contributed by atoms with E-state index in [4.69, 9.17) is 0 Å². The van der Waals surface area contributed by atoms with Crippen molar-refractivity contribution < 1.29 is 9.90 Å². The fraction of sp³-hybridized carbons (Fsp3) is 0.550. The summed E-state index contributed by atoms with van der Waals surface area (Å²) in [5, 5.41) is 9.84. The number of fused-ring (bicyclic) bond motifs is 1. The van der Waals surface area contributed by atoms with Crippen LogP contribution >= 0.6 is 0 Å². The van der Waals surface area contributed by atoms with Gasteiger partial charge in [0.15, 0.2) is 0 Å². The van der Waals surface area contributed by atoms with Gasteiger partial charge in [0.25, 0.3) is 0 Å². The summed E-state index contributed by atoms with van der Waals surface area (Å²) in [5.74, 6) is -0.733. The van der Waals surface area contributed by atoms with E-state index in [9.17, 15) is 9.90 Å². The quantitative estimate of drug-likeness (QED) is 0.836. The minimum atomic E-state index is -0.733. The maximum atomic E-state index is 12.0. The number of allylic oxidation sites excluding steroid dienone is 1. The molecule has 1 aliphatic rings. The number of hydrogen-bond donors (Lipinski definition) is 1. The highest BCUT2D eigenvalue weighted by Gasteiger charge is 2.39. The Morgan fingerprint density at radius 2 is 1.83 bits per heavy atom. The van der Waals surface area contributed by atoms with Crippen LogP contribution in [0.3, 0.4) is 0 Å². The Balaban J connectivity index is 2.62. The first-order valence-electron chi connectivity index (χ1n) is 8.52. The van der Waals surface area contributed by atoms with Gasteiger partial charge >= 0.3 is 5.97 Å². The van der Waals surface area contributed by atoms with Gasteiger partial charge in [0.1, 0.15) is 6.04 Å². The minimum absolute atomic E-state index is 0.310. The van der Waals surface area contributed by atoms with Gasteiger partial charge in [0, 0.05) is 11.3 Å². The second kappa shape index (κ2) is 6.38. The van der Waals surface area contributed by atoms with E-state index >= 15 is 0 Å². The summed E-state index contributed by atoms with van der Waals surface area (Å²) in [6.45, 7) is 12.6. The lowest BCUT2D eigenvalue weighted by Gasteiger charge is -2.46. The average molecular weight is 315 g/mol. The first-order chi connectivity index (χ1) is 10.7. The third kappa shape index (κ3) is 3.29. The lowest BCUT2D eigenvalue weighted by Crippen LogP contribution is -2.54. The van der Waals surface area contributed by atoms with Crippen molar-refractivity contribution in [2.75, 3.05) is 4.90 Å². The summed E-state index contributed by atoms with van der Waals surface area (Å²) >= 11 is 0. The molecule has 0 radical (unpaired) electrons. The van der Waals surface area contributed by atoms with Crippen molar-refractivity contribution in [2.24, 2.45) is 0 Å². The van der Waals surface area contributed by atoms with E-state index in [2.05, 4.69) is 64.7 Å². The number of nitrogens with zero attached hydrogens (tertiary/aromatic N) is 1. The molecule has 0 amide bonds. The topological polar surface area (TPSA) is 40.5 Å². The van der Waals surface area contributed by atoms with E-state index in [1.54, 1.807) is 0 Å². The standard InChI is InChI=1S/C20H29NO2/c1-7-8-9-17(19(22)23)21-18-11-14(3)13(2)10-16(18)15(4)12-20(21,5)6/h10-12,17H,7-9H2,1-6H3,(H,22,23). The van der Waals surface area contributed by atoms with Crippen LogP contribution in [0.25, 0.3) is 5.57 Å². The highest BCUT2D eigenvalue weighted by Crippen LogP contribution is 2.42. The maximum absolute atomic E-state index is 12.0. The predicted octanol–water partition coefficient (Wildman–Crippen LogP) is 4.95. The molecule has 1 aromatic carbocycles. The van der Waals surface area contributed by atoms with Crippen LogP contribution < -0.4 is 4.90 Å². The van der Waals surface area contributed by atoms with Crippen molar-refractivity contribution in [3.63, 3.8) is 0 Å². The second-order valence-corrected chi connectivity index (χ2v) is 7.30. The van der Waals surface area contributed by atoms with Gasteiger partial charge in [0.05, 0.1) is 5.54 Å². The molecule has 23 heavy (non-hydrogen) atoms.